The molecule has 106 valence electrons. The van der Waals surface area contributed by atoms with Gasteiger partial charge in [-0.25, -0.2) is 13.1 Å². The molecular formula is C15H17NO2S2. The second-order valence-corrected chi connectivity index (χ2v) is 8.06. The molecule has 0 aliphatic heterocycles. The van der Waals surface area contributed by atoms with Gasteiger partial charge in [0.05, 0.1) is 5.75 Å². The Morgan fingerprint density at radius 1 is 1.25 bits per heavy atom. The van der Waals surface area contributed by atoms with Gasteiger partial charge in [-0.3, -0.25) is 0 Å². The first-order valence-electron chi connectivity index (χ1n) is 6.62. The molecule has 1 fully saturated rings. The van der Waals surface area contributed by atoms with Crippen LogP contribution in [0.15, 0.2) is 41.8 Å². The van der Waals surface area contributed by atoms with Crippen LogP contribution in [0, 0.1) is 6.92 Å². The summed E-state index contributed by atoms with van der Waals surface area (Å²) in [5.74, 6) is 0.420. The van der Waals surface area contributed by atoms with E-state index in [4.69, 9.17) is 0 Å². The minimum atomic E-state index is -3.25. The zero-order chi connectivity index (χ0) is 14.2. The average Bonchev–Trinajstić information content (AvgIpc) is 2.92. The minimum Gasteiger partial charge on any atom is -0.212 e. The summed E-state index contributed by atoms with van der Waals surface area (Å²) in [6.07, 6.45) is 0.910. The molecule has 20 heavy (non-hydrogen) atoms. The van der Waals surface area contributed by atoms with E-state index in [0.717, 1.165) is 17.5 Å². The molecule has 1 heterocycles. The van der Waals surface area contributed by atoms with Gasteiger partial charge in [0, 0.05) is 16.8 Å². The Morgan fingerprint density at radius 2 is 2.00 bits per heavy atom. The molecule has 0 radical (unpaired) electrons. The van der Waals surface area contributed by atoms with Gasteiger partial charge in [-0.1, -0.05) is 35.9 Å². The van der Waals surface area contributed by atoms with Gasteiger partial charge in [-0.2, -0.15) is 0 Å². The van der Waals surface area contributed by atoms with Crippen molar-refractivity contribution < 1.29 is 8.42 Å². The standard InChI is InChI=1S/C15H17NO2S2/c1-11-4-6-12(7-5-11)10-20(17,18)16-14-9-13(14)15-3-2-8-19-15/h2-8,13-14,16H,9-10H2,1H3. The summed E-state index contributed by atoms with van der Waals surface area (Å²) in [4.78, 5) is 1.27. The van der Waals surface area contributed by atoms with Crippen molar-refractivity contribution in [2.75, 3.05) is 0 Å². The van der Waals surface area contributed by atoms with Crippen LogP contribution < -0.4 is 4.72 Å². The van der Waals surface area contributed by atoms with Crippen molar-refractivity contribution in [3.05, 3.63) is 57.8 Å². The molecule has 0 saturated heterocycles. The van der Waals surface area contributed by atoms with Crippen LogP contribution in [0.2, 0.25) is 0 Å². The van der Waals surface area contributed by atoms with Crippen LogP contribution in [-0.2, 0) is 15.8 Å². The van der Waals surface area contributed by atoms with Crippen molar-refractivity contribution in [3.63, 3.8) is 0 Å². The number of rotatable bonds is 5. The summed E-state index contributed by atoms with van der Waals surface area (Å²) in [7, 11) is -3.25. The van der Waals surface area contributed by atoms with Crippen LogP contribution in [0.4, 0.5) is 0 Å². The summed E-state index contributed by atoms with van der Waals surface area (Å²) in [5, 5.41) is 2.03. The fourth-order valence-electron chi connectivity index (χ4n) is 2.32. The number of aryl methyl sites for hydroxylation is 1. The van der Waals surface area contributed by atoms with Crippen molar-refractivity contribution in [1.29, 1.82) is 0 Å². The van der Waals surface area contributed by atoms with E-state index in [1.807, 2.05) is 42.6 Å². The monoisotopic (exact) mass is 307 g/mol. The van der Waals surface area contributed by atoms with Crippen LogP contribution in [-0.4, -0.2) is 14.5 Å². The maximum atomic E-state index is 12.1. The van der Waals surface area contributed by atoms with Crippen LogP contribution >= 0.6 is 11.3 Å². The normalized spacial score (nSPS) is 21.9. The lowest BCUT2D eigenvalue weighted by Gasteiger charge is -2.06. The SMILES string of the molecule is Cc1ccc(CS(=O)(=O)NC2CC2c2cccs2)cc1. The second kappa shape index (κ2) is 5.31. The fourth-order valence-corrected chi connectivity index (χ4v) is 4.66. The molecule has 2 atom stereocenters. The van der Waals surface area contributed by atoms with E-state index in [1.165, 1.54) is 4.88 Å². The van der Waals surface area contributed by atoms with Crippen molar-refractivity contribution in [1.82, 2.24) is 4.72 Å². The smallest absolute Gasteiger partial charge is 0.212 e. The fraction of sp³-hybridized carbons (Fsp3) is 0.333. The summed E-state index contributed by atoms with van der Waals surface area (Å²) in [6, 6.07) is 11.8. The highest BCUT2D eigenvalue weighted by Gasteiger charge is 2.41. The molecule has 5 heteroatoms. The molecule has 1 saturated carbocycles. The Hall–Kier alpha value is -1.17. The average molecular weight is 307 g/mol. The lowest BCUT2D eigenvalue weighted by Crippen LogP contribution is -2.28. The highest BCUT2D eigenvalue weighted by molar-refractivity contribution is 7.88. The second-order valence-electron chi connectivity index (χ2n) is 5.33. The molecule has 1 aromatic carbocycles. The predicted molar refractivity (Wildman–Crippen MR) is 82.4 cm³/mol. The van der Waals surface area contributed by atoms with Crippen LogP contribution in [0.25, 0.3) is 0 Å². The molecule has 1 aromatic heterocycles. The first kappa shape index (κ1) is 13.8. The van der Waals surface area contributed by atoms with Gasteiger partial charge in [0.1, 0.15) is 0 Å². The van der Waals surface area contributed by atoms with Gasteiger partial charge < -0.3 is 0 Å². The first-order valence-corrected chi connectivity index (χ1v) is 9.16. The number of sulfonamides is 1. The Labute approximate surface area is 123 Å². The Balaban J connectivity index is 1.61. The lowest BCUT2D eigenvalue weighted by molar-refractivity contribution is 0.579. The van der Waals surface area contributed by atoms with Crippen molar-refractivity contribution in [3.8, 4) is 0 Å². The van der Waals surface area contributed by atoms with E-state index in [0.29, 0.717) is 5.92 Å². The molecule has 1 aliphatic carbocycles. The molecular weight excluding hydrogens is 290 g/mol. The van der Waals surface area contributed by atoms with E-state index in [9.17, 15) is 8.42 Å². The molecule has 3 rings (SSSR count). The summed E-state index contributed by atoms with van der Waals surface area (Å²) in [6.45, 7) is 1.99. The van der Waals surface area contributed by atoms with E-state index in [-0.39, 0.29) is 11.8 Å². The topological polar surface area (TPSA) is 46.2 Å². The minimum absolute atomic E-state index is 0.0565. The highest BCUT2D eigenvalue weighted by Crippen LogP contribution is 2.43. The third kappa shape index (κ3) is 3.29. The molecule has 3 nitrogen and oxygen atoms in total. The third-order valence-corrected chi connectivity index (χ3v) is 5.89. The first-order chi connectivity index (χ1) is 9.53. The van der Waals surface area contributed by atoms with Gasteiger partial charge in [0.25, 0.3) is 0 Å². The Kier molecular flexibility index (Phi) is 3.67. The van der Waals surface area contributed by atoms with Crippen molar-refractivity contribution in [2.24, 2.45) is 0 Å². The summed E-state index contributed by atoms with van der Waals surface area (Å²) >= 11 is 1.69. The number of nitrogens with one attached hydrogen (secondary N) is 1. The number of thiophene rings is 1. The number of hydrogen-bond acceptors (Lipinski definition) is 3. The van der Waals surface area contributed by atoms with E-state index in [1.54, 1.807) is 11.3 Å². The van der Waals surface area contributed by atoms with Gasteiger partial charge in [0.2, 0.25) is 10.0 Å². The van der Waals surface area contributed by atoms with Crippen LogP contribution in [0.1, 0.15) is 28.3 Å². The van der Waals surface area contributed by atoms with E-state index < -0.39 is 10.0 Å². The largest absolute Gasteiger partial charge is 0.216 e. The van der Waals surface area contributed by atoms with Gasteiger partial charge in [-0.05, 0) is 30.4 Å². The summed E-state index contributed by atoms with van der Waals surface area (Å²) in [5.41, 5.74) is 1.97. The maximum absolute atomic E-state index is 12.1. The predicted octanol–water partition coefficient (Wildman–Crippen LogP) is 3.03. The summed E-state index contributed by atoms with van der Waals surface area (Å²) < 4.78 is 27.1. The highest BCUT2D eigenvalue weighted by atomic mass is 32.2. The van der Waals surface area contributed by atoms with Crippen LogP contribution in [0.3, 0.4) is 0 Å². The van der Waals surface area contributed by atoms with Crippen LogP contribution in [0.5, 0.6) is 0 Å². The molecule has 0 bridgehead atoms. The Bertz CT molecular complexity index is 675. The molecule has 1 aliphatic rings. The molecule has 0 spiro atoms. The molecule has 2 aromatic rings. The maximum Gasteiger partial charge on any atom is 0.216 e. The van der Waals surface area contributed by atoms with Gasteiger partial charge in [0.15, 0.2) is 0 Å². The Morgan fingerprint density at radius 3 is 2.65 bits per heavy atom. The van der Waals surface area contributed by atoms with E-state index >= 15 is 0 Å². The number of benzene rings is 1. The van der Waals surface area contributed by atoms with Gasteiger partial charge >= 0.3 is 0 Å². The zero-order valence-electron chi connectivity index (χ0n) is 11.2. The van der Waals surface area contributed by atoms with Crippen molar-refractivity contribution in [2.45, 2.75) is 31.1 Å². The molecule has 1 N–H and O–H groups in total. The molecule has 0 amide bonds. The number of hydrogen-bond donors (Lipinski definition) is 1. The third-order valence-electron chi connectivity index (χ3n) is 3.51. The quantitative estimate of drug-likeness (QED) is 0.923. The molecule has 2 unspecified atom stereocenters. The van der Waals surface area contributed by atoms with E-state index in [2.05, 4.69) is 10.8 Å². The zero-order valence-corrected chi connectivity index (χ0v) is 12.9. The van der Waals surface area contributed by atoms with Crippen molar-refractivity contribution >= 4 is 21.4 Å². The van der Waals surface area contributed by atoms with Gasteiger partial charge in [-0.15, -0.1) is 11.3 Å². The lowest BCUT2D eigenvalue weighted by atomic mass is 10.2.